The molecule has 2 N–H and O–H groups in total. The Kier molecular flexibility index (Phi) is 5.01. The zero-order valence-corrected chi connectivity index (χ0v) is 12.0. The third-order valence-corrected chi connectivity index (χ3v) is 3.10. The monoisotopic (exact) mass is 275 g/mol. The van der Waals surface area contributed by atoms with Crippen molar-refractivity contribution in [3.63, 3.8) is 0 Å². The van der Waals surface area contributed by atoms with Crippen LogP contribution in [-0.2, 0) is 19.7 Å². The molecule has 2 rings (SSSR count). The molecule has 20 heavy (non-hydrogen) atoms. The van der Waals surface area contributed by atoms with E-state index >= 15 is 0 Å². The minimum Gasteiger partial charge on any atom is -0.493 e. The molecule has 0 amide bonds. The Labute approximate surface area is 119 Å². The summed E-state index contributed by atoms with van der Waals surface area (Å²) in [5.41, 5.74) is 7.72. The fraction of sp³-hybridized carbons (Fsp3) is 0.400. The molecule has 0 fully saturated rings. The highest BCUT2D eigenvalue weighted by atomic mass is 16.5. The molecule has 1 heterocycles. The third-order valence-electron chi connectivity index (χ3n) is 3.10. The summed E-state index contributed by atoms with van der Waals surface area (Å²) in [6.07, 6.45) is 4.72. The van der Waals surface area contributed by atoms with Crippen LogP contribution in [0, 0.1) is 0 Å². The Morgan fingerprint density at radius 1 is 1.30 bits per heavy atom. The SMILES string of the molecule is CCCn1cncc1COc1cc(CN)ccc1OC. The normalized spacial score (nSPS) is 10.6. The standard InChI is InChI=1S/C15H21N3O2/c1-3-6-18-11-17-9-13(18)10-20-15-7-12(8-16)4-5-14(15)19-2/h4-5,7,9,11H,3,6,8,10,16H2,1-2H3. The second-order valence-electron chi connectivity index (χ2n) is 4.56. The largest absolute Gasteiger partial charge is 0.493 e. The van der Waals surface area contributed by atoms with E-state index in [4.69, 9.17) is 15.2 Å². The molecule has 0 aliphatic rings. The summed E-state index contributed by atoms with van der Waals surface area (Å²) in [6.45, 7) is 4.02. The molecule has 1 aromatic heterocycles. The van der Waals surface area contributed by atoms with E-state index in [0.717, 1.165) is 24.2 Å². The molecular formula is C15H21N3O2. The zero-order chi connectivity index (χ0) is 14.4. The first-order valence-corrected chi connectivity index (χ1v) is 6.77. The van der Waals surface area contributed by atoms with Crippen molar-refractivity contribution in [2.45, 2.75) is 33.0 Å². The lowest BCUT2D eigenvalue weighted by molar-refractivity contribution is 0.275. The fourth-order valence-electron chi connectivity index (χ4n) is 2.02. The van der Waals surface area contributed by atoms with E-state index in [9.17, 15) is 0 Å². The Morgan fingerprint density at radius 2 is 2.15 bits per heavy atom. The van der Waals surface area contributed by atoms with Gasteiger partial charge in [0.2, 0.25) is 0 Å². The molecule has 5 heteroatoms. The van der Waals surface area contributed by atoms with Gasteiger partial charge in [-0.1, -0.05) is 13.0 Å². The van der Waals surface area contributed by atoms with Gasteiger partial charge in [-0.25, -0.2) is 4.98 Å². The van der Waals surface area contributed by atoms with Crippen molar-refractivity contribution in [2.24, 2.45) is 5.73 Å². The average Bonchev–Trinajstić information content (AvgIpc) is 2.92. The highest BCUT2D eigenvalue weighted by Crippen LogP contribution is 2.28. The summed E-state index contributed by atoms with van der Waals surface area (Å²) < 4.78 is 13.3. The fourth-order valence-corrected chi connectivity index (χ4v) is 2.02. The van der Waals surface area contributed by atoms with Gasteiger partial charge in [0, 0.05) is 13.1 Å². The number of ether oxygens (including phenoxy) is 2. The van der Waals surface area contributed by atoms with Gasteiger partial charge in [0.15, 0.2) is 11.5 Å². The number of aryl methyl sites for hydroxylation is 1. The van der Waals surface area contributed by atoms with Crippen molar-refractivity contribution in [3.05, 3.63) is 42.0 Å². The van der Waals surface area contributed by atoms with Crippen molar-refractivity contribution >= 4 is 0 Å². The minimum atomic E-state index is 0.463. The van der Waals surface area contributed by atoms with Gasteiger partial charge in [-0.2, -0.15) is 0 Å². The van der Waals surface area contributed by atoms with Crippen LogP contribution < -0.4 is 15.2 Å². The molecule has 0 saturated heterocycles. The maximum absolute atomic E-state index is 5.86. The lowest BCUT2D eigenvalue weighted by atomic mass is 10.2. The summed E-state index contributed by atoms with van der Waals surface area (Å²) in [6, 6.07) is 5.73. The Balaban J connectivity index is 2.11. The second-order valence-corrected chi connectivity index (χ2v) is 4.56. The molecule has 108 valence electrons. The van der Waals surface area contributed by atoms with Crippen LogP contribution in [0.3, 0.4) is 0 Å². The number of rotatable bonds is 7. The predicted molar refractivity (Wildman–Crippen MR) is 77.7 cm³/mol. The van der Waals surface area contributed by atoms with Crippen LogP contribution in [0.1, 0.15) is 24.6 Å². The number of benzene rings is 1. The van der Waals surface area contributed by atoms with Gasteiger partial charge in [0.05, 0.1) is 25.3 Å². The van der Waals surface area contributed by atoms with E-state index in [2.05, 4.69) is 16.5 Å². The molecule has 0 bridgehead atoms. The van der Waals surface area contributed by atoms with Gasteiger partial charge < -0.3 is 19.8 Å². The summed E-state index contributed by atoms with van der Waals surface area (Å²) in [7, 11) is 1.63. The van der Waals surface area contributed by atoms with Gasteiger partial charge in [0.1, 0.15) is 6.61 Å². The molecule has 2 aromatic rings. The highest BCUT2D eigenvalue weighted by molar-refractivity contribution is 5.42. The van der Waals surface area contributed by atoms with Crippen molar-refractivity contribution in [1.29, 1.82) is 0 Å². The smallest absolute Gasteiger partial charge is 0.162 e. The van der Waals surface area contributed by atoms with Crippen LogP contribution in [0.25, 0.3) is 0 Å². The van der Waals surface area contributed by atoms with Crippen LogP contribution in [0.4, 0.5) is 0 Å². The van der Waals surface area contributed by atoms with Gasteiger partial charge in [0.25, 0.3) is 0 Å². The molecule has 0 radical (unpaired) electrons. The molecular weight excluding hydrogens is 254 g/mol. The molecule has 0 aliphatic heterocycles. The highest BCUT2D eigenvalue weighted by Gasteiger charge is 2.08. The van der Waals surface area contributed by atoms with Gasteiger partial charge in [-0.15, -0.1) is 0 Å². The van der Waals surface area contributed by atoms with Crippen molar-refractivity contribution < 1.29 is 9.47 Å². The van der Waals surface area contributed by atoms with Crippen LogP contribution in [0.2, 0.25) is 0 Å². The molecule has 5 nitrogen and oxygen atoms in total. The molecule has 0 aliphatic carbocycles. The van der Waals surface area contributed by atoms with Crippen LogP contribution in [0.15, 0.2) is 30.7 Å². The van der Waals surface area contributed by atoms with Crippen molar-refractivity contribution in [2.75, 3.05) is 7.11 Å². The maximum atomic E-state index is 5.86. The molecule has 0 atom stereocenters. The van der Waals surface area contributed by atoms with E-state index < -0.39 is 0 Å². The number of nitrogens with zero attached hydrogens (tertiary/aromatic N) is 2. The Bertz CT molecular complexity index is 552. The molecule has 0 saturated carbocycles. The Morgan fingerprint density at radius 3 is 2.85 bits per heavy atom. The lowest BCUT2D eigenvalue weighted by Gasteiger charge is -2.13. The Hall–Kier alpha value is -2.01. The molecule has 0 unspecified atom stereocenters. The number of imidazole rings is 1. The first-order chi connectivity index (χ1) is 9.78. The van der Waals surface area contributed by atoms with Crippen LogP contribution >= 0.6 is 0 Å². The van der Waals surface area contributed by atoms with Gasteiger partial charge in [-0.3, -0.25) is 0 Å². The quantitative estimate of drug-likeness (QED) is 0.842. The molecule has 0 spiro atoms. The van der Waals surface area contributed by atoms with E-state index in [1.165, 1.54) is 0 Å². The van der Waals surface area contributed by atoms with Gasteiger partial charge >= 0.3 is 0 Å². The van der Waals surface area contributed by atoms with E-state index in [0.29, 0.717) is 24.7 Å². The van der Waals surface area contributed by atoms with E-state index in [1.807, 2.05) is 30.7 Å². The average molecular weight is 275 g/mol. The number of methoxy groups -OCH3 is 1. The number of hydrogen-bond acceptors (Lipinski definition) is 4. The summed E-state index contributed by atoms with van der Waals surface area (Å²) in [5.74, 6) is 1.42. The third kappa shape index (κ3) is 3.30. The van der Waals surface area contributed by atoms with Crippen molar-refractivity contribution in [1.82, 2.24) is 9.55 Å². The number of nitrogens with two attached hydrogens (primary N) is 1. The zero-order valence-electron chi connectivity index (χ0n) is 12.0. The summed E-state index contributed by atoms with van der Waals surface area (Å²) in [5, 5.41) is 0. The maximum Gasteiger partial charge on any atom is 0.162 e. The summed E-state index contributed by atoms with van der Waals surface area (Å²) >= 11 is 0. The first-order valence-electron chi connectivity index (χ1n) is 6.77. The topological polar surface area (TPSA) is 62.3 Å². The molecule has 1 aromatic carbocycles. The lowest BCUT2D eigenvalue weighted by Crippen LogP contribution is -2.06. The van der Waals surface area contributed by atoms with Crippen molar-refractivity contribution in [3.8, 4) is 11.5 Å². The number of hydrogen-bond donors (Lipinski definition) is 1. The van der Waals surface area contributed by atoms with Crippen LogP contribution in [-0.4, -0.2) is 16.7 Å². The van der Waals surface area contributed by atoms with Crippen LogP contribution in [0.5, 0.6) is 11.5 Å². The van der Waals surface area contributed by atoms with E-state index in [1.54, 1.807) is 7.11 Å². The first kappa shape index (κ1) is 14.4. The number of aromatic nitrogens is 2. The van der Waals surface area contributed by atoms with Gasteiger partial charge in [-0.05, 0) is 24.1 Å². The van der Waals surface area contributed by atoms with E-state index in [-0.39, 0.29) is 0 Å². The summed E-state index contributed by atoms with van der Waals surface area (Å²) in [4.78, 5) is 4.16. The minimum absolute atomic E-state index is 0.463. The predicted octanol–water partition coefficient (Wildman–Crippen LogP) is 2.34. The second kappa shape index (κ2) is 6.96.